The molecule has 0 aliphatic rings. The van der Waals surface area contributed by atoms with Crippen LogP contribution in [0.1, 0.15) is 35.6 Å². The van der Waals surface area contributed by atoms with Crippen LogP contribution >= 0.6 is 11.6 Å². The van der Waals surface area contributed by atoms with E-state index in [0.717, 1.165) is 35.4 Å². The van der Waals surface area contributed by atoms with Crippen molar-refractivity contribution in [3.8, 4) is 0 Å². The van der Waals surface area contributed by atoms with Crippen molar-refractivity contribution in [2.24, 2.45) is 5.73 Å². The first kappa shape index (κ1) is 14.1. The van der Waals surface area contributed by atoms with Crippen molar-refractivity contribution in [1.82, 2.24) is 0 Å². The van der Waals surface area contributed by atoms with Gasteiger partial charge in [0.05, 0.1) is 0 Å². The fraction of sp³-hybridized carbons (Fsp3) is 0.294. The quantitative estimate of drug-likeness (QED) is 0.842. The summed E-state index contributed by atoms with van der Waals surface area (Å²) in [5, 5.41) is 0.815. The first-order valence-electron chi connectivity index (χ1n) is 6.73. The summed E-state index contributed by atoms with van der Waals surface area (Å²) in [5.74, 6) is 0. The first-order valence-corrected chi connectivity index (χ1v) is 7.11. The maximum atomic E-state index is 6.30. The summed E-state index contributed by atoms with van der Waals surface area (Å²) in [7, 11) is 0. The monoisotopic (exact) mass is 273 g/mol. The third-order valence-corrected chi connectivity index (χ3v) is 3.96. The van der Waals surface area contributed by atoms with Gasteiger partial charge < -0.3 is 5.73 Å². The van der Waals surface area contributed by atoms with E-state index in [9.17, 15) is 0 Å². The Bertz CT molecular complexity index is 522. The number of rotatable bonds is 5. The fourth-order valence-electron chi connectivity index (χ4n) is 2.28. The number of hydrogen-bond donors (Lipinski definition) is 1. The zero-order valence-electron chi connectivity index (χ0n) is 11.3. The van der Waals surface area contributed by atoms with Gasteiger partial charge in [-0.05, 0) is 42.9 Å². The van der Waals surface area contributed by atoms with E-state index < -0.39 is 0 Å². The van der Waals surface area contributed by atoms with Crippen molar-refractivity contribution in [2.75, 3.05) is 0 Å². The van der Waals surface area contributed by atoms with Gasteiger partial charge in [-0.15, -0.1) is 0 Å². The van der Waals surface area contributed by atoms with E-state index in [0.29, 0.717) is 0 Å². The summed E-state index contributed by atoms with van der Waals surface area (Å²) < 4.78 is 0. The van der Waals surface area contributed by atoms with Gasteiger partial charge in [0.2, 0.25) is 0 Å². The molecule has 2 heteroatoms. The Morgan fingerprint density at radius 3 is 2.53 bits per heavy atom. The van der Waals surface area contributed by atoms with Gasteiger partial charge in [-0.3, -0.25) is 0 Å². The lowest BCUT2D eigenvalue weighted by Crippen LogP contribution is -2.11. The molecule has 2 aromatic rings. The summed E-state index contributed by atoms with van der Waals surface area (Å²) in [6.45, 7) is 2.02. The Kier molecular flexibility index (Phi) is 5.00. The van der Waals surface area contributed by atoms with Crippen LogP contribution in [0.3, 0.4) is 0 Å². The minimum atomic E-state index is 0.0242. The average molecular weight is 274 g/mol. The largest absolute Gasteiger partial charge is 0.324 e. The number of aryl methyl sites for hydroxylation is 2. The second-order valence-corrected chi connectivity index (χ2v) is 5.34. The fourth-order valence-corrected chi connectivity index (χ4v) is 2.55. The minimum absolute atomic E-state index is 0.0242. The van der Waals surface area contributed by atoms with Crippen molar-refractivity contribution in [1.29, 1.82) is 0 Å². The van der Waals surface area contributed by atoms with E-state index in [1.807, 2.05) is 31.2 Å². The Morgan fingerprint density at radius 2 is 1.79 bits per heavy atom. The van der Waals surface area contributed by atoms with Crippen LogP contribution in [0, 0.1) is 6.92 Å². The van der Waals surface area contributed by atoms with Gasteiger partial charge in [-0.1, -0.05) is 60.1 Å². The molecule has 0 aliphatic heterocycles. The predicted octanol–water partition coefficient (Wildman–Crippen LogP) is 4.67. The van der Waals surface area contributed by atoms with Gasteiger partial charge in [0, 0.05) is 11.1 Å². The molecule has 0 fully saturated rings. The highest BCUT2D eigenvalue weighted by molar-refractivity contribution is 6.32. The molecule has 1 nitrogen and oxygen atoms in total. The second-order valence-electron chi connectivity index (χ2n) is 4.96. The number of halogens is 1. The maximum Gasteiger partial charge on any atom is 0.0482 e. The Morgan fingerprint density at radius 1 is 1.05 bits per heavy atom. The predicted molar refractivity (Wildman–Crippen MR) is 82.5 cm³/mol. The topological polar surface area (TPSA) is 26.0 Å². The van der Waals surface area contributed by atoms with Crippen LogP contribution in [-0.2, 0) is 6.42 Å². The van der Waals surface area contributed by atoms with Crippen molar-refractivity contribution >= 4 is 11.6 Å². The summed E-state index contributed by atoms with van der Waals surface area (Å²) in [6.07, 6.45) is 3.10. The molecule has 19 heavy (non-hydrogen) atoms. The third-order valence-electron chi connectivity index (χ3n) is 3.44. The molecule has 0 radical (unpaired) electrons. The van der Waals surface area contributed by atoms with Crippen molar-refractivity contribution in [3.05, 3.63) is 70.2 Å². The average Bonchev–Trinajstić information content (AvgIpc) is 2.43. The van der Waals surface area contributed by atoms with E-state index in [1.165, 1.54) is 5.56 Å². The normalized spacial score (nSPS) is 12.4. The summed E-state index contributed by atoms with van der Waals surface area (Å²) in [6, 6.07) is 16.6. The Hall–Kier alpha value is -1.31. The molecule has 0 spiro atoms. The van der Waals surface area contributed by atoms with Crippen molar-refractivity contribution < 1.29 is 0 Å². The van der Waals surface area contributed by atoms with Gasteiger partial charge in [-0.2, -0.15) is 0 Å². The van der Waals surface area contributed by atoms with E-state index in [2.05, 4.69) is 24.3 Å². The molecule has 0 aromatic heterocycles. The number of hydrogen-bond acceptors (Lipinski definition) is 1. The van der Waals surface area contributed by atoms with Crippen LogP contribution in [0.5, 0.6) is 0 Å². The molecule has 100 valence electrons. The molecule has 2 aromatic carbocycles. The van der Waals surface area contributed by atoms with E-state index >= 15 is 0 Å². The smallest absolute Gasteiger partial charge is 0.0482 e. The van der Waals surface area contributed by atoms with Crippen molar-refractivity contribution in [3.63, 3.8) is 0 Å². The molecule has 1 atom stereocenters. The van der Waals surface area contributed by atoms with E-state index in [-0.39, 0.29) is 6.04 Å². The molecule has 0 bridgehead atoms. The minimum Gasteiger partial charge on any atom is -0.324 e. The summed E-state index contributed by atoms with van der Waals surface area (Å²) >= 11 is 6.30. The summed E-state index contributed by atoms with van der Waals surface area (Å²) in [5.41, 5.74) is 9.77. The van der Waals surface area contributed by atoms with Gasteiger partial charge >= 0.3 is 0 Å². The van der Waals surface area contributed by atoms with Crippen LogP contribution in [0.15, 0.2) is 48.5 Å². The molecule has 0 saturated heterocycles. The maximum absolute atomic E-state index is 6.30. The molecular weight excluding hydrogens is 254 g/mol. The number of nitrogens with two attached hydrogens (primary N) is 1. The van der Waals surface area contributed by atoms with Crippen LogP contribution in [0.2, 0.25) is 5.02 Å². The van der Waals surface area contributed by atoms with Crippen LogP contribution < -0.4 is 5.73 Å². The van der Waals surface area contributed by atoms with E-state index in [4.69, 9.17) is 17.3 Å². The lowest BCUT2D eigenvalue weighted by molar-refractivity contribution is 0.611. The molecule has 0 saturated carbocycles. The van der Waals surface area contributed by atoms with Crippen molar-refractivity contribution in [2.45, 2.75) is 32.2 Å². The molecule has 0 heterocycles. The first-order chi connectivity index (χ1) is 9.18. The molecule has 0 aliphatic carbocycles. The SMILES string of the molecule is Cc1cccc(C(N)CCCc2ccccc2)c1Cl. The molecule has 0 amide bonds. The molecule has 1 unspecified atom stereocenters. The van der Waals surface area contributed by atoms with Gasteiger partial charge in [0.15, 0.2) is 0 Å². The Balaban J connectivity index is 1.91. The molecular formula is C17H20ClN. The standard InChI is InChI=1S/C17H20ClN/c1-13-7-5-11-15(17(13)18)16(19)12-6-10-14-8-3-2-4-9-14/h2-5,7-9,11,16H,6,10,12,19H2,1H3. The van der Waals surface area contributed by atoms with Crippen LogP contribution in [0.4, 0.5) is 0 Å². The molecule has 2 rings (SSSR count). The van der Waals surface area contributed by atoms with Crippen LogP contribution in [0.25, 0.3) is 0 Å². The van der Waals surface area contributed by atoms with E-state index in [1.54, 1.807) is 0 Å². The van der Waals surface area contributed by atoms with Gasteiger partial charge in [0.25, 0.3) is 0 Å². The third kappa shape index (κ3) is 3.82. The summed E-state index contributed by atoms with van der Waals surface area (Å²) in [4.78, 5) is 0. The lowest BCUT2D eigenvalue weighted by atomic mass is 9.98. The number of benzene rings is 2. The highest BCUT2D eigenvalue weighted by atomic mass is 35.5. The zero-order valence-corrected chi connectivity index (χ0v) is 12.0. The van der Waals surface area contributed by atoms with Crippen LogP contribution in [-0.4, -0.2) is 0 Å². The highest BCUT2D eigenvalue weighted by Crippen LogP contribution is 2.27. The highest BCUT2D eigenvalue weighted by Gasteiger charge is 2.11. The second kappa shape index (κ2) is 6.74. The lowest BCUT2D eigenvalue weighted by Gasteiger charge is -2.15. The zero-order chi connectivity index (χ0) is 13.7. The molecule has 2 N–H and O–H groups in total. The Labute approximate surface area is 120 Å². The van der Waals surface area contributed by atoms with Gasteiger partial charge in [0.1, 0.15) is 0 Å². The van der Waals surface area contributed by atoms with Gasteiger partial charge in [-0.25, -0.2) is 0 Å².